The third-order valence-corrected chi connectivity index (χ3v) is 5.46. The van der Waals surface area contributed by atoms with Gasteiger partial charge in [0.15, 0.2) is 5.82 Å². The molecular formula is C22H20Cl2N6O. The Morgan fingerprint density at radius 3 is 2.58 bits per heavy atom. The number of benzene rings is 1. The monoisotopic (exact) mass is 454 g/mol. The number of anilines is 1. The summed E-state index contributed by atoms with van der Waals surface area (Å²) >= 11 is 12.3. The van der Waals surface area contributed by atoms with Crippen molar-refractivity contribution in [1.29, 1.82) is 0 Å². The molecule has 3 aromatic heterocycles. The van der Waals surface area contributed by atoms with E-state index in [4.69, 9.17) is 23.2 Å². The number of carbonyl (C=O) groups is 1. The van der Waals surface area contributed by atoms with Gasteiger partial charge in [-0.25, -0.2) is 4.68 Å². The topological polar surface area (TPSA) is 77.6 Å². The number of carbonyl (C=O) groups excluding carboxylic acids is 1. The molecule has 4 aromatic rings. The summed E-state index contributed by atoms with van der Waals surface area (Å²) < 4.78 is 3.50. The molecule has 1 N–H and O–H groups in total. The van der Waals surface area contributed by atoms with Crippen LogP contribution in [0.5, 0.6) is 0 Å². The van der Waals surface area contributed by atoms with E-state index in [0.717, 1.165) is 22.5 Å². The van der Waals surface area contributed by atoms with Gasteiger partial charge in [0.05, 0.1) is 29.4 Å². The molecule has 0 aliphatic rings. The molecule has 0 fully saturated rings. The van der Waals surface area contributed by atoms with Crippen LogP contribution in [0, 0.1) is 13.8 Å². The van der Waals surface area contributed by atoms with E-state index < -0.39 is 0 Å². The number of rotatable bonds is 6. The Morgan fingerprint density at radius 2 is 1.84 bits per heavy atom. The van der Waals surface area contributed by atoms with E-state index in [9.17, 15) is 4.79 Å². The van der Waals surface area contributed by atoms with E-state index in [1.165, 1.54) is 0 Å². The van der Waals surface area contributed by atoms with Crippen molar-refractivity contribution >= 4 is 34.9 Å². The molecule has 0 aliphatic carbocycles. The first kappa shape index (κ1) is 21.1. The summed E-state index contributed by atoms with van der Waals surface area (Å²) in [5.41, 5.74) is 4.25. The normalized spacial score (nSPS) is 11.0. The molecule has 31 heavy (non-hydrogen) atoms. The third-order valence-electron chi connectivity index (χ3n) is 4.92. The Morgan fingerprint density at radius 1 is 1.06 bits per heavy atom. The second-order valence-corrected chi connectivity index (χ2v) is 7.98. The summed E-state index contributed by atoms with van der Waals surface area (Å²) in [6, 6.07) is 10.9. The Hall–Kier alpha value is -3.16. The van der Waals surface area contributed by atoms with E-state index in [-0.39, 0.29) is 12.3 Å². The number of pyridine rings is 1. The largest absolute Gasteiger partial charge is 0.309 e. The minimum atomic E-state index is -0.165. The van der Waals surface area contributed by atoms with Crippen LogP contribution in [-0.2, 0) is 17.8 Å². The molecule has 1 amide bonds. The van der Waals surface area contributed by atoms with Crippen LogP contribution in [0.2, 0.25) is 10.0 Å². The fourth-order valence-corrected chi connectivity index (χ4v) is 3.85. The first-order chi connectivity index (χ1) is 14.9. The molecular weight excluding hydrogens is 435 g/mol. The number of halogens is 2. The van der Waals surface area contributed by atoms with Crippen molar-refractivity contribution in [2.24, 2.45) is 0 Å². The van der Waals surface area contributed by atoms with Gasteiger partial charge in [0, 0.05) is 40.9 Å². The minimum Gasteiger partial charge on any atom is -0.309 e. The van der Waals surface area contributed by atoms with Crippen molar-refractivity contribution in [1.82, 2.24) is 24.5 Å². The van der Waals surface area contributed by atoms with Gasteiger partial charge >= 0.3 is 0 Å². The minimum absolute atomic E-state index is 0.165. The van der Waals surface area contributed by atoms with Gasteiger partial charge in [0.1, 0.15) is 0 Å². The Kier molecular flexibility index (Phi) is 6.06. The van der Waals surface area contributed by atoms with Crippen LogP contribution < -0.4 is 5.32 Å². The lowest BCUT2D eigenvalue weighted by Gasteiger charge is -2.08. The Balaban J connectivity index is 1.46. The summed E-state index contributed by atoms with van der Waals surface area (Å²) in [5, 5.41) is 12.9. The summed E-state index contributed by atoms with van der Waals surface area (Å²) in [5.74, 6) is 0.338. The second-order valence-electron chi connectivity index (χ2n) is 7.14. The fourth-order valence-electron chi connectivity index (χ4n) is 3.36. The zero-order valence-electron chi connectivity index (χ0n) is 17.0. The smallest absolute Gasteiger partial charge is 0.230 e. The summed E-state index contributed by atoms with van der Waals surface area (Å²) in [4.78, 5) is 16.7. The highest BCUT2D eigenvalue weighted by Gasteiger charge is 2.18. The van der Waals surface area contributed by atoms with Crippen LogP contribution in [0.3, 0.4) is 0 Å². The van der Waals surface area contributed by atoms with E-state index in [2.05, 4.69) is 20.5 Å². The molecule has 4 rings (SSSR count). The standard InChI is InChI=1S/C22H20Cl2N6O/c1-14-18(15(2)30(27-14)20-4-3-17(23)11-19(20)24)12-22(31)26-21-7-10-29(28-21)13-16-5-8-25-9-6-16/h3-11H,12-13H2,1-2H3,(H,26,28,31). The highest BCUT2D eigenvalue weighted by molar-refractivity contribution is 6.35. The van der Waals surface area contributed by atoms with Gasteiger partial charge in [-0.05, 0) is 49.7 Å². The van der Waals surface area contributed by atoms with Crippen molar-refractivity contribution in [3.63, 3.8) is 0 Å². The molecule has 0 unspecified atom stereocenters. The van der Waals surface area contributed by atoms with Gasteiger partial charge in [-0.2, -0.15) is 10.2 Å². The van der Waals surface area contributed by atoms with Crippen molar-refractivity contribution in [2.45, 2.75) is 26.8 Å². The number of amides is 1. The molecule has 0 saturated heterocycles. The molecule has 7 nitrogen and oxygen atoms in total. The quantitative estimate of drug-likeness (QED) is 0.461. The van der Waals surface area contributed by atoms with Crippen molar-refractivity contribution < 1.29 is 4.79 Å². The molecule has 1 aromatic carbocycles. The molecule has 0 aliphatic heterocycles. The van der Waals surface area contributed by atoms with E-state index in [0.29, 0.717) is 28.1 Å². The summed E-state index contributed by atoms with van der Waals surface area (Å²) in [6.07, 6.45) is 5.49. The van der Waals surface area contributed by atoms with Crippen LogP contribution in [0.15, 0.2) is 55.0 Å². The van der Waals surface area contributed by atoms with Gasteiger partial charge in [0.2, 0.25) is 5.91 Å². The molecule has 158 valence electrons. The zero-order valence-corrected chi connectivity index (χ0v) is 18.5. The number of aromatic nitrogens is 5. The SMILES string of the molecule is Cc1nn(-c2ccc(Cl)cc2Cl)c(C)c1CC(=O)Nc1ccn(Cc2ccncc2)n1. The molecule has 0 atom stereocenters. The number of aryl methyl sites for hydroxylation is 1. The van der Waals surface area contributed by atoms with Gasteiger partial charge in [-0.1, -0.05) is 23.2 Å². The maximum atomic E-state index is 12.7. The number of hydrogen-bond donors (Lipinski definition) is 1. The van der Waals surface area contributed by atoms with Crippen LogP contribution in [0.25, 0.3) is 5.69 Å². The molecule has 9 heteroatoms. The number of hydrogen-bond acceptors (Lipinski definition) is 4. The average molecular weight is 455 g/mol. The first-order valence-corrected chi connectivity index (χ1v) is 10.4. The van der Waals surface area contributed by atoms with Crippen molar-refractivity contribution in [3.8, 4) is 5.69 Å². The summed E-state index contributed by atoms with van der Waals surface area (Å²) in [7, 11) is 0. The second kappa shape index (κ2) is 8.91. The number of nitrogens with zero attached hydrogens (tertiary/aromatic N) is 5. The van der Waals surface area contributed by atoms with Crippen molar-refractivity contribution in [3.05, 3.63) is 87.5 Å². The van der Waals surface area contributed by atoms with E-state index in [1.54, 1.807) is 40.0 Å². The first-order valence-electron chi connectivity index (χ1n) is 9.63. The molecule has 0 bridgehead atoms. The maximum Gasteiger partial charge on any atom is 0.230 e. The van der Waals surface area contributed by atoms with Crippen LogP contribution in [0.4, 0.5) is 5.82 Å². The Labute approximate surface area is 189 Å². The fraction of sp³-hybridized carbons (Fsp3) is 0.182. The third kappa shape index (κ3) is 4.78. The average Bonchev–Trinajstić information content (AvgIpc) is 3.28. The summed E-state index contributed by atoms with van der Waals surface area (Å²) in [6.45, 7) is 4.39. The maximum absolute atomic E-state index is 12.7. The Bertz CT molecular complexity index is 1230. The lowest BCUT2D eigenvalue weighted by molar-refractivity contribution is -0.115. The predicted octanol–water partition coefficient (Wildman–Crippen LogP) is 4.62. The zero-order chi connectivity index (χ0) is 22.0. The molecule has 3 heterocycles. The van der Waals surface area contributed by atoms with E-state index in [1.807, 2.05) is 38.2 Å². The van der Waals surface area contributed by atoms with Gasteiger partial charge in [0.25, 0.3) is 0 Å². The predicted molar refractivity (Wildman–Crippen MR) is 121 cm³/mol. The van der Waals surface area contributed by atoms with E-state index >= 15 is 0 Å². The number of nitrogens with one attached hydrogen (secondary N) is 1. The van der Waals surface area contributed by atoms with Crippen LogP contribution >= 0.6 is 23.2 Å². The lowest BCUT2D eigenvalue weighted by atomic mass is 10.1. The van der Waals surface area contributed by atoms with Gasteiger partial charge in [-0.3, -0.25) is 14.5 Å². The molecule has 0 spiro atoms. The highest BCUT2D eigenvalue weighted by Crippen LogP contribution is 2.27. The highest BCUT2D eigenvalue weighted by atomic mass is 35.5. The van der Waals surface area contributed by atoms with Gasteiger partial charge in [-0.15, -0.1) is 0 Å². The molecule has 0 saturated carbocycles. The molecule has 0 radical (unpaired) electrons. The lowest BCUT2D eigenvalue weighted by Crippen LogP contribution is -2.16. The van der Waals surface area contributed by atoms with Crippen molar-refractivity contribution in [2.75, 3.05) is 5.32 Å². The van der Waals surface area contributed by atoms with Crippen LogP contribution in [0.1, 0.15) is 22.5 Å². The van der Waals surface area contributed by atoms with Crippen LogP contribution in [-0.4, -0.2) is 30.5 Å². The van der Waals surface area contributed by atoms with Gasteiger partial charge < -0.3 is 5.32 Å².